The Morgan fingerprint density at radius 1 is 1.41 bits per heavy atom. The summed E-state index contributed by atoms with van der Waals surface area (Å²) in [5.41, 5.74) is 1.03. The quantitative estimate of drug-likeness (QED) is 0.789. The lowest BCUT2D eigenvalue weighted by atomic mass is 10.00. The molecule has 3 nitrogen and oxygen atoms in total. The fourth-order valence-corrected chi connectivity index (χ4v) is 1.92. The second kappa shape index (κ2) is 7.28. The van der Waals surface area contributed by atoms with Crippen LogP contribution in [-0.4, -0.2) is 18.6 Å². The van der Waals surface area contributed by atoms with E-state index < -0.39 is 0 Å². The van der Waals surface area contributed by atoms with E-state index in [2.05, 4.69) is 31.1 Å². The molecule has 1 heterocycles. The van der Waals surface area contributed by atoms with E-state index in [4.69, 9.17) is 4.74 Å². The van der Waals surface area contributed by atoms with E-state index >= 15 is 0 Å². The summed E-state index contributed by atoms with van der Waals surface area (Å²) < 4.78 is 5.39. The van der Waals surface area contributed by atoms with E-state index in [1.165, 1.54) is 0 Å². The highest BCUT2D eigenvalue weighted by molar-refractivity contribution is 5.29. The maximum absolute atomic E-state index is 5.39. The number of ether oxygens (including phenoxy) is 1. The van der Waals surface area contributed by atoms with Crippen LogP contribution in [0.1, 0.15) is 45.3 Å². The van der Waals surface area contributed by atoms with Gasteiger partial charge in [0.25, 0.3) is 0 Å². The highest BCUT2D eigenvalue weighted by atomic mass is 16.5. The summed E-state index contributed by atoms with van der Waals surface area (Å²) >= 11 is 0. The molecule has 0 aliphatic heterocycles. The monoisotopic (exact) mass is 236 g/mol. The van der Waals surface area contributed by atoms with Crippen LogP contribution in [0.15, 0.2) is 18.3 Å². The standard InChI is InChI=1S/C14H24N2O/c1-5-8-15-12(10-11(2)3)14-13(17-4)7-6-9-16-14/h6-7,9,11-12,15H,5,8,10H2,1-4H3. The van der Waals surface area contributed by atoms with Crippen molar-refractivity contribution in [2.24, 2.45) is 5.92 Å². The second-order valence-corrected chi connectivity index (χ2v) is 4.73. The third-order valence-electron chi connectivity index (χ3n) is 2.70. The molecule has 0 radical (unpaired) electrons. The summed E-state index contributed by atoms with van der Waals surface area (Å²) in [7, 11) is 1.70. The number of nitrogens with one attached hydrogen (secondary N) is 1. The molecule has 1 aromatic heterocycles. The smallest absolute Gasteiger partial charge is 0.141 e. The van der Waals surface area contributed by atoms with Gasteiger partial charge in [-0.2, -0.15) is 0 Å². The third-order valence-corrected chi connectivity index (χ3v) is 2.70. The second-order valence-electron chi connectivity index (χ2n) is 4.73. The first-order chi connectivity index (χ1) is 8.19. The van der Waals surface area contributed by atoms with Crippen LogP contribution in [0.2, 0.25) is 0 Å². The minimum Gasteiger partial charge on any atom is -0.495 e. The third kappa shape index (κ3) is 4.35. The molecular formula is C14H24N2O. The molecule has 0 aliphatic carbocycles. The van der Waals surface area contributed by atoms with Crippen molar-refractivity contribution >= 4 is 0 Å². The van der Waals surface area contributed by atoms with Gasteiger partial charge in [0.1, 0.15) is 5.75 Å². The van der Waals surface area contributed by atoms with E-state index in [0.717, 1.165) is 30.8 Å². The van der Waals surface area contributed by atoms with Crippen LogP contribution in [0.4, 0.5) is 0 Å². The number of methoxy groups -OCH3 is 1. The van der Waals surface area contributed by atoms with Crippen molar-refractivity contribution in [1.29, 1.82) is 0 Å². The summed E-state index contributed by atoms with van der Waals surface area (Å²) in [5.74, 6) is 1.51. The van der Waals surface area contributed by atoms with Crippen LogP contribution in [0.3, 0.4) is 0 Å². The van der Waals surface area contributed by atoms with Crippen LogP contribution >= 0.6 is 0 Å². The Hall–Kier alpha value is -1.09. The first-order valence-corrected chi connectivity index (χ1v) is 6.41. The van der Waals surface area contributed by atoms with Gasteiger partial charge >= 0.3 is 0 Å². The van der Waals surface area contributed by atoms with Crippen molar-refractivity contribution in [2.75, 3.05) is 13.7 Å². The minimum atomic E-state index is 0.283. The lowest BCUT2D eigenvalue weighted by Gasteiger charge is -2.21. The number of rotatable bonds is 7. The number of nitrogens with zero attached hydrogens (tertiary/aromatic N) is 1. The molecular weight excluding hydrogens is 212 g/mol. The van der Waals surface area contributed by atoms with Crippen LogP contribution in [0.25, 0.3) is 0 Å². The summed E-state index contributed by atoms with van der Waals surface area (Å²) in [5, 5.41) is 3.55. The maximum Gasteiger partial charge on any atom is 0.141 e. The molecule has 0 amide bonds. The van der Waals surface area contributed by atoms with Crippen molar-refractivity contribution in [3.8, 4) is 5.75 Å². The molecule has 1 atom stereocenters. The molecule has 1 aromatic rings. The summed E-state index contributed by atoms with van der Waals surface area (Å²) in [6, 6.07) is 4.17. The van der Waals surface area contributed by atoms with Gasteiger partial charge in [-0.15, -0.1) is 0 Å². The van der Waals surface area contributed by atoms with Gasteiger partial charge in [-0.3, -0.25) is 4.98 Å². The Bertz CT molecular complexity index is 326. The molecule has 0 bridgehead atoms. The zero-order valence-corrected chi connectivity index (χ0v) is 11.4. The molecule has 0 saturated heterocycles. The minimum absolute atomic E-state index is 0.283. The van der Waals surface area contributed by atoms with Crippen molar-refractivity contribution in [1.82, 2.24) is 10.3 Å². The Morgan fingerprint density at radius 2 is 2.18 bits per heavy atom. The molecule has 96 valence electrons. The molecule has 0 saturated carbocycles. The predicted molar refractivity (Wildman–Crippen MR) is 71.3 cm³/mol. The van der Waals surface area contributed by atoms with Gasteiger partial charge in [-0.25, -0.2) is 0 Å². The molecule has 3 heteroatoms. The van der Waals surface area contributed by atoms with Gasteiger partial charge in [-0.05, 0) is 37.4 Å². The predicted octanol–water partition coefficient (Wildman–Crippen LogP) is 3.18. The molecule has 0 fully saturated rings. The average molecular weight is 236 g/mol. The van der Waals surface area contributed by atoms with Crippen molar-refractivity contribution in [3.63, 3.8) is 0 Å². The number of hydrogen-bond donors (Lipinski definition) is 1. The van der Waals surface area contributed by atoms with Gasteiger partial charge in [0.05, 0.1) is 18.8 Å². The Kier molecular flexibility index (Phi) is 5.98. The first kappa shape index (κ1) is 14.0. The molecule has 17 heavy (non-hydrogen) atoms. The van der Waals surface area contributed by atoms with Gasteiger partial charge in [0, 0.05) is 6.20 Å². The van der Waals surface area contributed by atoms with Crippen LogP contribution < -0.4 is 10.1 Å². The first-order valence-electron chi connectivity index (χ1n) is 6.41. The Morgan fingerprint density at radius 3 is 2.76 bits per heavy atom. The molecule has 1 rings (SSSR count). The maximum atomic E-state index is 5.39. The fourth-order valence-electron chi connectivity index (χ4n) is 1.92. The van der Waals surface area contributed by atoms with Crippen molar-refractivity contribution in [3.05, 3.63) is 24.0 Å². The van der Waals surface area contributed by atoms with Gasteiger partial charge in [-0.1, -0.05) is 20.8 Å². The Labute approximate surface area is 105 Å². The lowest BCUT2D eigenvalue weighted by Crippen LogP contribution is -2.25. The lowest BCUT2D eigenvalue weighted by molar-refractivity contribution is 0.374. The Balaban J connectivity index is 2.86. The molecule has 1 unspecified atom stereocenters. The van der Waals surface area contributed by atoms with E-state index in [0.29, 0.717) is 5.92 Å². The zero-order valence-electron chi connectivity index (χ0n) is 11.4. The van der Waals surface area contributed by atoms with Crippen LogP contribution in [-0.2, 0) is 0 Å². The van der Waals surface area contributed by atoms with Crippen molar-refractivity contribution in [2.45, 2.75) is 39.7 Å². The highest BCUT2D eigenvalue weighted by Crippen LogP contribution is 2.27. The summed E-state index contributed by atoms with van der Waals surface area (Å²) in [6.07, 6.45) is 4.04. The van der Waals surface area contributed by atoms with E-state index in [-0.39, 0.29) is 6.04 Å². The zero-order chi connectivity index (χ0) is 12.7. The van der Waals surface area contributed by atoms with Crippen molar-refractivity contribution < 1.29 is 4.74 Å². The fraction of sp³-hybridized carbons (Fsp3) is 0.643. The molecule has 1 N–H and O–H groups in total. The van der Waals surface area contributed by atoms with E-state index in [1.54, 1.807) is 7.11 Å². The molecule has 0 spiro atoms. The van der Waals surface area contributed by atoms with E-state index in [9.17, 15) is 0 Å². The van der Waals surface area contributed by atoms with Crippen LogP contribution in [0.5, 0.6) is 5.75 Å². The topological polar surface area (TPSA) is 34.2 Å². The number of aromatic nitrogens is 1. The summed E-state index contributed by atoms with van der Waals surface area (Å²) in [6.45, 7) is 7.65. The highest BCUT2D eigenvalue weighted by Gasteiger charge is 2.17. The molecule has 0 aliphatic rings. The largest absolute Gasteiger partial charge is 0.495 e. The van der Waals surface area contributed by atoms with Gasteiger partial charge < -0.3 is 10.1 Å². The SMILES string of the molecule is CCCNC(CC(C)C)c1ncccc1OC. The average Bonchev–Trinajstić information content (AvgIpc) is 2.34. The van der Waals surface area contributed by atoms with E-state index in [1.807, 2.05) is 18.3 Å². The number of pyridine rings is 1. The normalized spacial score (nSPS) is 12.8. The van der Waals surface area contributed by atoms with Gasteiger partial charge in [0.2, 0.25) is 0 Å². The summed E-state index contributed by atoms with van der Waals surface area (Å²) in [4.78, 5) is 4.47. The van der Waals surface area contributed by atoms with Gasteiger partial charge in [0.15, 0.2) is 0 Å². The van der Waals surface area contributed by atoms with Crippen LogP contribution in [0, 0.1) is 5.92 Å². The molecule has 0 aromatic carbocycles. The number of hydrogen-bond acceptors (Lipinski definition) is 3.